The highest BCUT2D eigenvalue weighted by Gasteiger charge is 2.69. The Balaban J connectivity index is 2.28. The van der Waals surface area contributed by atoms with E-state index in [9.17, 15) is 9.90 Å². The Morgan fingerprint density at radius 3 is 2.83 bits per heavy atom. The highest BCUT2D eigenvalue weighted by Crippen LogP contribution is 2.72. The second-order valence-electron chi connectivity index (χ2n) is 4.74. The molecule has 0 radical (unpaired) electrons. The Morgan fingerprint density at radius 2 is 2.33 bits per heavy atom. The number of ketones is 1. The topological polar surface area (TPSA) is 37.3 Å². The fourth-order valence-electron chi connectivity index (χ4n) is 2.97. The van der Waals surface area contributed by atoms with Crippen LogP contribution in [-0.2, 0) is 4.79 Å². The maximum Gasteiger partial charge on any atom is 0.136 e. The summed E-state index contributed by atoms with van der Waals surface area (Å²) in [6, 6.07) is 0. The van der Waals surface area contributed by atoms with Crippen LogP contribution in [0.1, 0.15) is 33.1 Å². The van der Waals surface area contributed by atoms with Crippen LogP contribution in [-0.4, -0.2) is 17.5 Å². The van der Waals surface area contributed by atoms with Crippen molar-refractivity contribution in [1.29, 1.82) is 0 Å². The van der Waals surface area contributed by atoms with Crippen molar-refractivity contribution in [2.24, 2.45) is 16.7 Å². The molecule has 0 unspecified atom stereocenters. The molecule has 3 atom stereocenters. The van der Waals surface area contributed by atoms with Gasteiger partial charge in [0.05, 0.1) is 0 Å². The van der Waals surface area contributed by atoms with E-state index in [0.29, 0.717) is 5.78 Å². The van der Waals surface area contributed by atoms with E-state index in [1.54, 1.807) is 0 Å². The minimum atomic E-state index is -0.0394. The molecule has 68 valence electrons. The molecule has 2 aliphatic carbocycles. The van der Waals surface area contributed by atoms with E-state index in [4.69, 9.17) is 0 Å². The number of Topliss-reactive ketones (excluding diaryl/α,β-unsaturated/α-hetero) is 1. The largest absolute Gasteiger partial charge is 0.396 e. The smallest absolute Gasteiger partial charge is 0.136 e. The van der Waals surface area contributed by atoms with E-state index >= 15 is 0 Å². The summed E-state index contributed by atoms with van der Waals surface area (Å²) in [5.74, 6) is 0.431. The van der Waals surface area contributed by atoms with Crippen LogP contribution in [0, 0.1) is 16.7 Å². The molecule has 2 heteroatoms. The summed E-state index contributed by atoms with van der Waals surface area (Å²) in [6.07, 6.45) is 2.75. The fraction of sp³-hybridized carbons (Fsp3) is 0.900. The molecular formula is C10H16O2. The number of aliphatic hydroxyl groups is 1. The van der Waals surface area contributed by atoms with Gasteiger partial charge in [-0.05, 0) is 18.3 Å². The van der Waals surface area contributed by atoms with E-state index in [1.807, 2.05) is 6.92 Å². The molecule has 2 rings (SSSR count). The van der Waals surface area contributed by atoms with Crippen LogP contribution in [0.4, 0.5) is 0 Å². The molecule has 0 amide bonds. The Morgan fingerprint density at radius 1 is 1.67 bits per heavy atom. The first-order valence-electron chi connectivity index (χ1n) is 4.69. The summed E-state index contributed by atoms with van der Waals surface area (Å²) < 4.78 is 0. The fourth-order valence-corrected chi connectivity index (χ4v) is 2.97. The van der Waals surface area contributed by atoms with Crippen LogP contribution in [0.3, 0.4) is 0 Å². The van der Waals surface area contributed by atoms with Crippen molar-refractivity contribution in [3.63, 3.8) is 0 Å². The SMILES string of the molecule is C[C@H]1C(=O)CC[C@@]2(C)C[C@@]12CO. The van der Waals surface area contributed by atoms with Crippen LogP contribution >= 0.6 is 0 Å². The molecule has 0 saturated heterocycles. The van der Waals surface area contributed by atoms with Crippen molar-refractivity contribution in [2.45, 2.75) is 33.1 Å². The Kier molecular flexibility index (Phi) is 1.45. The minimum Gasteiger partial charge on any atom is -0.396 e. The zero-order chi connectivity index (χ0) is 8.98. The molecule has 2 aliphatic rings. The van der Waals surface area contributed by atoms with Crippen molar-refractivity contribution in [1.82, 2.24) is 0 Å². The molecule has 2 saturated carbocycles. The number of hydrogen-bond acceptors (Lipinski definition) is 2. The van der Waals surface area contributed by atoms with Gasteiger partial charge in [-0.15, -0.1) is 0 Å². The van der Waals surface area contributed by atoms with Gasteiger partial charge in [-0.25, -0.2) is 0 Å². The Bertz CT molecular complexity index is 236. The maximum absolute atomic E-state index is 11.4. The Hall–Kier alpha value is -0.370. The van der Waals surface area contributed by atoms with E-state index in [-0.39, 0.29) is 23.4 Å². The third-order valence-corrected chi connectivity index (χ3v) is 4.30. The predicted molar refractivity (Wildman–Crippen MR) is 45.6 cm³/mol. The Labute approximate surface area is 73.0 Å². The summed E-state index contributed by atoms with van der Waals surface area (Å²) in [5.41, 5.74) is 0.234. The monoisotopic (exact) mass is 168 g/mol. The lowest BCUT2D eigenvalue weighted by atomic mass is 9.73. The van der Waals surface area contributed by atoms with Gasteiger partial charge in [0.1, 0.15) is 5.78 Å². The second kappa shape index (κ2) is 2.11. The molecule has 0 spiro atoms. The van der Waals surface area contributed by atoms with Crippen LogP contribution in [0.15, 0.2) is 0 Å². The number of fused-ring (bicyclic) bond motifs is 1. The summed E-state index contributed by atoms with van der Waals surface area (Å²) >= 11 is 0. The standard InChI is InChI=1S/C10H16O2/c1-7-8(12)3-4-9(2)5-10(7,9)6-11/h7,11H,3-6H2,1-2H3/t7-,9-,10+/m0/s1. The van der Waals surface area contributed by atoms with Crippen LogP contribution < -0.4 is 0 Å². The summed E-state index contributed by atoms with van der Waals surface area (Å²) in [5, 5.41) is 9.29. The number of hydrogen-bond donors (Lipinski definition) is 1. The lowest BCUT2D eigenvalue weighted by Crippen LogP contribution is -2.34. The van der Waals surface area contributed by atoms with Gasteiger partial charge in [-0.2, -0.15) is 0 Å². The molecule has 0 aromatic rings. The van der Waals surface area contributed by atoms with Gasteiger partial charge in [-0.1, -0.05) is 13.8 Å². The van der Waals surface area contributed by atoms with Gasteiger partial charge in [0, 0.05) is 24.4 Å². The van der Waals surface area contributed by atoms with Crippen molar-refractivity contribution in [2.75, 3.05) is 6.61 Å². The molecule has 0 aliphatic heterocycles. The van der Waals surface area contributed by atoms with Crippen molar-refractivity contribution in [3.05, 3.63) is 0 Å². The van der Waals surface area contributed by atoms with Gasteiger partial charge in [0.2, 0.25) is 0 Å². The first-order chi connectivity index (χ1) is 5.56. The first-order valence-corrected chi connectivity index (χ1v) is 4.69. The quantitative estimate of drug-likeness (QED) is 0.642. The van der Waals surface area contributed by atoms with Crippen molar-refractivity contribution < 1.29 is 9.90 Å². The van der Waals surface area contributed by atoms with E-state index < -0.39 is 0 Å². The predicted octanol–water partition coefficient (Wildman–Crippen LogP) is 1.37. The summed E-state index contributed by atoms with van der Waals surface area (Å²) in [4.78, 5) is 11.4. The van der Waals surface area contributed by atoms with E-state index in [0.717, 1.165) is 19.3 Å². The first kappa shape index (κ1) is 8.24. The molecule has 1 N–H and O–H groups in total. The number of aliphatic hydroxyl groups excluding tert-OH is 1. The lowest BCUT2D eigenvalue weighted by molar-refractivity contribution is -0.128. The highest BCUT2D eigenvalue weighted by atomic mass is 16.3. The summed E-state index contributed by atoms with van der Waals surface area (Å²) in [6.45, 7) is 4.37. The molecule has 0 aromatic heterocycles. The van der Waals surface area contributed by atoms with Crippen LogP contribution in [0.25, 0.3) is 0 Å². The molecule has 0 bridgehead atoms. The highest BCUT2D eigenvalue weighted by molar-refractivity contribution is 5.83. The third kappa shape index (κ3) is 0.717. The van der Waals surface area contributed by atoms with Gasteiger partial charge in [0.15, 0.2) is 0 Å². The zero-order valence-corrected chi connectivity index (χ0v) is 7.76. The molecular weight excluding hydrogens is 152 g/mol. The average molecular weight is 168 g/mol. The van der Waals surface area contributed by atoms with Crippen LogP contribution in [0.2, 0.25) is 0 Å². The minimum absolute atomic E-state index is 0.0394. The second-order valence-corrected chi connectivity index (χ2v) is 4.74. The number of rotatable bonds is 1. The van der Waals surface area contributed by atoms with Crippen molar-refractivity contribution >= 4 is 5.78 Å². The molecule has 0 aromatic carbocycles. The molecule has 2 nitrogen and oxygen atoms in total. The van der Waals surface area contributed by atoms with E-state index in [1.165, 1.54) is 0 Å². The van der Waals surface area contributed by atoms with Gasteiger partial charge in [-0.3, -0.25) is 4.79 Å². The van der Waals surface area contributed by atoms with Gasteiger partial charge in [0.25, 0.3) is 0 Å². The van der Waals surface area contributed by atoms with Crippen LogP contribution in [0.5, 0.6) is 0 Å². The lowest BCUT2D eigenvalue weighted by Gasteiger charge is -2.31. The number of carbonyl (C=O) groups excluding carboxylic acids is 1. The zero-order valence-electron chi connectivity index (χ0n) is 7.76. The van der Waals surface area contributed by atoms with Gasteiger partial charge < -0.3 is 5.11 Å². The third-order valence-electron chi connectivity index (χ3n) is 4.30. The normalized spacial score (nSPS) is 51.9. The van der Waals surface area contributed by atoms with Gasteiger partial charge >= 0.3 is 0 Å². The molecule has 0 heterocycles. The molecule has 2 fully saturated rings. The maximum atomic E-state index is 11.4. The number of carbonyl (C=O) groups is 1. The average Bonchev–Trinajstić information content (AvgIpc) is 2.68. The van der Waals surface area contributed by atoms with E-state index in [2.05, 4.69) is 6.92 Å². The van der Waals surface area contributed by atoms with Crippen molar-refractivity contribution in [3.8, 4) is 0 Å². The molecule has 12 heavy (non-hydrogen) atoms. The summed E-state index contributed by atoms with van der Waals surface area (Å²) in [7, 11) is 0.